The third-order valence-electron chi connectivity index (χ3n) is 5.69. The zero-order chi connectivity index (χ0) is 23.8. The maximum Gasteiger partial charge on any atom is 0.338 e. The van der Waals surface area contributed by atoms with Crippen molar-refractivity contribution in [1.29, 1.82) is 0 Å². The van der Waals surface area contributed by atoms with E-state index in [1.54, 1.807) is 24.3 Å². The predicted molar refractivity (Wildman–Crippen MR) is 125 cm³/mol. The van der Waals surface area contributed by atoms with Gasteiger partial charge in [-0.2, -0.15) is 0 Å². The molecule has 2 aromatic carbocycles. The van der Waals surface area contributed by atoms with Crippen LogP contribution in [0.4, 0.5) is 5.69 Å². The van der Waals surface area contributed by atoms with Crippen molar-refractivity contribution >= 4 is 27.6 Å². The summed E-state index contributed by atoms with van der Waals surface area (Å²) >= 11 is 0. The number of hydrogen-bond acceptors (Lipinski definition) is 6. The predicted octanol–water partition coefficient (Wildman–Crippen LogP) is 3.74. The molecule has 1 saturated carbocycles. The van der Waals surface area contributed by atoms with E-state index in [2.05, 4.69) is 10.0 Å². The monoisotopic (exact) mass is 474 g/mol. The molecule has 3 rings (SSSR count). The number of benzene rings is 2. The summed E-state index contributed by atoms with van der Waals surface area (Å²) < 4.78 is 38.0. The summed E-state index contributed by atoms with van der Waals surface area (Å²) in [5, 5.41) is 2.86. The molecule has 0 aromatic heterocycles. The van der Waals surface area contributed by atoms with E-state index < -0.39 is 22.1 Å². The summed E-state index contributed by atoms with van der Waals surface area (Å²) in [5.74, 6) is 0.0588. The van der Waals surface area contributed by atoms with Gasteiger partial charge in [0, 0.05) is 12.2 Å². The fraction of sp³-hybridized carbons (Fsp3) is 0.417. The van der Waals surface area contributed by atoms with Crippen LogP contribution in [0.3, 0.4) is 0 Å². The van der Waals surface area contributed by atoms with Crippen LogP contribution in [0.1, 0.15) is 49.4 Å². The third kappa shape index (κ3) is 6.95. The van der Waals surface area contributed by atoms with Crippen LogP contribution in [0.5, 0.6) is 5.75 Å². The molecule has 2 N–H and O–H groups in total. The van der Waals surface area contributed by atoms with E-state index in [0.29, 0.717) is 23.9 Å². The van der Waals surface area contributed by atoms with Gasteiger partial charge in [0.25, 0.3) is 15.9 Å². The van der Waals surface area contributed by atoms with Gasteiger partial charge in [0.2, 0.25) is 0 Å². The lowest BCUT2D eigenvalue weighted by Crippen LogP contribution is -2.38. The molecule has 2 aromatic rings. The van der Waals surface area contributed by atoms with Gasteiger partial charge in [-0.25, -0.2) is 13.2 Å². The second-order valence-corrected chi connectivity index (χ2v) is 9.84. The molecule has 1 aliphatic carbocycles. The van der Waals surface area contributed by atoms with Gasteiger partial charge in [0.1, 0.15) is 5.75 Å². The molecule has 1 aliphatic rings. The lowest BCUT2D eigenvalue weighted by molar-refractivity contribution is -0.129. The van der Waals surface area contributed by atoms with Crippen LogP contribution >= 0.6 is 0 Å². The van der Waals surface area contributed by atoms with Crippen molar-refractivity contribution < 1.29 is 27.5 Å². The van der Waals surface area contributed by atoms with Crippen LogP contribution in [-0.2, 0) is 19.6 Å². The van der Waals surface area contributed by atoms with Gasteiger partial charge >= 0.3 is 5.97 Å². The highest BCUT2D eigenvalue weighted by atomic mass is 32.2. The molecule has 0 heterocycles. The molecule has 0 spiro atoms. The quantitative estimate of drug-likeness (QED) is 0.536. The Balaban J connectivity index is 1.54. The van der Waals surface area contributed by atoms with Crippen molar-refractivity contribution in [3.05, 3.63) is 54.1 Å². The number of methoxy groups -OCH3 is 1. The van der Waals surface area contributed by atoms with E-state index >= 15 is 0 Å². The number of ether oxygens (including phenoxy) is 2. The van der Waals surface area contributed by atoms with Crippen LogP contribution in [0.25, 0.3) is 0 Å². The van der Waals surface area contributed by atoms with E-state index in [9.17, 15) is 18.0 Å². The first-order valence-corrected chi connectivity index (χ1v) is 12.5. The number of carbonyl (C=O) groups is 2. The third-order valence-corrected chi connectivity index (χ3v) is 7.08. The molecule has 1 fully saturated rings. The number of hydrogen-bond donors (Lipinski definition) is 2. The number of nitrogens with one attached hydrogen (secondary N) is 2. The Kier molecular flexibility index (Phi) is 8.32. The molecular formula is C24H30N2O6S. The number of anilines is 1. The first kappa shape index (κ1) is 24.6. The highest BCUT2D eigenvalue weighted by Gasteiger charge is 2.22. The van der Waals surface area contributed by atoms with Crippen LogP contribution in [0.15, 0.2) is 53.4 Å². The average Bonchev–Trinajstić information content (AvgIpc) is 2.83. The number of carbonyl (C=O) groups excluding carboxylic acids is 2. The lowest BCUT2D eigenvalue weighted by Gasteiger charge is -2.22. The average molecular weight is 475 g/mol. The van der Waals surface area contributed by atoms with Gasteiger partial charge in [0.15, 0.2) is 6.10 Å². The molecule has 178 valence electrons. The maximum atomic E-state index is 12.6. The van der Waals surface area contributed by atoms with Crippen molar-refractivity contribution in [2.45, 2.75) is 50.0 Å². The fourth-order valence-electron chi connectivity index (χ4n) is 3.71. The first-order valence-electron chi connectivity index (χ1n) is 11.0. The van der Waals surface area contributed by atoms with E-state index in [1.165, 1.54) is 57.6 Å². The normalized spacial score (nSPS) is 15.3. The summed E-state index contributed by atoms with van der Waals surface area (Å²) in [4.78, 5) is 24.7. The van der Waals surface area contributed by atoms with E-state index in [0.717, 1.165) is 12.8 Å². The maximum absolute atomic E-state index is 12.6. The Hall–Kier alpha value is -3.07. The Morgan fingerprint density at radius 1 is 1.00 bits per heavy atom. The zero-order valence-corrected chi connectivity index (χ0v) is 19.7. The van der Waals surface area contributed by atoms with Crippen molar-refractivity contribution in [3.63, 3.8) is 0 Å². The molecule has 33 heavy (non-hydrogen) atoms. The van der Waals surface area contributed by atoms with Crippen molar-refractivity contribution in [2.24, 2.45) is 5.92 Å². The molecule has 0 saturated heterocycles. The number of rotatable bonds is 9. The number of sulfonamides is 1. The van der Waals surface area contributed by atoms with E-state index in [4.69, 9.17) is 9.47 Å². The fourth-order valence-corrected chi connectivity index (χ4v) is 4.76. The minimum atomic E-state index is -3.84. The van der Waals surface area contributed by atoms with Gasteiger partial charge in [-0.1, -0.05) is 19.3 Å². The Labute approximate surface area is 194 Å². The first-order chi connectivity index (χ1) is 15.8. The number of esters is 1. The van der Waals surface area contributed by atoms with Crippen molar-refractivity contribution in [1.82, 2.24) is 5.32 Å². The smallest absolute Gasteiger partial charge is 0.338 e. The molecule has 0 radical (unpaired) electrons. The summed E-state index contributed by atoms with van der Waals surface area (Å²) in [6, 6.07) is 11.8. The second kappa shape index (κ2) is 11.2. The van der Waals surface area contributed by atoms with Crippen LogP contribution in [0.2, 0.25) is 0 Å². The summed E-state index contributed by atoms with van der Waals surface area (Å²) in [7, 11) is -2.31. The molecule has 0 bridgehead atoms. The Morgan fingerprint density at radius 3 is 2.24 bits per heavy atom. The Morgan fingerprint density at radius 2 is 1.64 bits per heavy atom. The summed E-state index contributed by atoms with van der Waals surface area (Å²) in [6.07, 6.45) is 4.89. The van der Waals surface area contributed by atoms with Gasteiger partial charge in [-0.05, 0) is 74.2 Å². The molecule has 1 unspecified atom stereocenters. The SMILES string of the molecule is COc1ccc(NS(=O)(=O)c2ccc(C(=O)OC(C)C(=O)NCC3CCCCC3)cc2)cc1. The molecule has 0 aliphatic heterocycles. The van der Waals surface area contributed by atoms with Crippen LogP contribution in [-0.4, -0.2) is 40.1 Å². The van der Waals surface area contributed by atoms with Gasteiger partial charge in [0.05, 0.1) is 17.6 Å². The minimum Gasteiger partial charge on any atom is -0.497 e. The molecule has 8 nitrogen and oxygen atoms in total. The zero-order valence-electron chi connectivity index (χ0n) is 18.9. The highest BCUT2D eigenvalue weighted by molar-refractivity contribution is 7.92. The molecule has 1 atom stereocenters. The standard InChI is InChI=1S/C24H30N2O6S/c1-17(23(27)25-16-18-6-4-3-5-7-18)32-24(28)19-8-14-22(15-9-19)33(29,30)26-20-10-12-21(31-2)13-11-20/h8-15,17-18,26H,3-7,16H2,1-2H3,(H,25,27). The summed E-state index contributed by atoms with van der Waals surface area (Å²) in [6.45, 7) is 2.11. The molecule has 1 amide bonds. The van der Waals surface area contributed by atoms with Gasteiger partial charge in [-0.3, -0.25) is 9.52 Å². The van der Waals surface area contributed by atoms with Crippen LogP contribution in [0, 0.1) is 5.92 Å². The van der Waals surface area contributed by atoms with E-state index in [-0.39, 0.29) is 16.4 Å². The largest absolute Gasteiger partial charge is 0.497 e. The van der Waals surface area contributed by atoms with E-state index in [1.807, 2.05) is 0 Å². The van der Waals surface area contributed by atoms with Crippen molar-refractivity contribution in [3.8, 4) is 5.75 Å². The summed E-state index contributed by atoms with van der Waals surface area (Å²) in [5.41, 5.74) is 0.540. The van der Waals surface area contributed by atoms with Gasteiger partial charge < -0.3 is 14.8 Å². The van der Waals surface area contributed by atoms with Crippen molar-refractivity contribution in [2.75, 3.05) is 18.4 Å². The van der Waals surface area contributed by atoms with Crippen LogP contribution < -0.4 is 14.8 Å². The molecule has 9 heteroatoms. The molecular weight excluding hydrogens is 444 g/mol. The lowest BCUT2D eigenvalue weighted by atomic mass is 9.89. The van der Waals surface area contributed by atoms with Gasteiger partial charge in [-0.15, -0.1) is 0 Å². The minimum absolute atomic E-state index is 0.00635. The number of amides is 1. The topological polar surface area (TPSA) is 111 Å². The highest BCUT2D eigenvalue weighted by Crippen LogP contribution is 2.23. The Bertz CT molecular complexity index is 1050. The second-order valence-electron chi connectivity index (χ2n) is 8.16.